The van der Waals surface area contributed by atoms with Gasteiger partial charge in [0.1, 0.15) is 17.5 Å². The van der Waals surface area contributed by atoms with Crippen molar-refractivity contribution < 1.29 is 24.0 Å². The molecule has 3 aromatic rings. The summed E-state index contributed by atoms with van der Waals surface area (Å²) in [5.74, 6) is -1.22. The van der Waals surface area contributed by atoms with Crippen molar-refractivity contribution in [2.24, 2.45) is 0 Å². The highest BCUT2D eigenvalue weighted by Gasteiger charge is 2.19. The third-order valence-electron chi connectivity index (χ3n) is 4.34. The van der Waals surface area contributed by atoms with Crippen molar-refractivity contribution in [1.82, 2.24) is 0 Å². The Labute approximate surface area is 193 Å². The average molecular weight is 463 g/mol. The number of carbonyl (C=O) groups excluding carboxylic acids is 2. The molecule has 9 nitrogen and oxygen atoms in total. The number of nitro groups is 1. The molecule has 0 heterocycles. The van der Waals surface area contributed by atoms with Crippen LogP contribution in [0.25, 0.3) is 0 Å². The molecule has 0 radical (unpaired) electrons. The first kappa shape index (κ1) is 23.3. The van der Waals surface area contributed by atoms with Gasteiger partial charge in [0.2, 0.25) is 0 Å². The molecule has 0 aliphatic rings. The summed E-state index contributed by atoms with van der Waals surface area (Å²) in [6.07, 6.45) is 0. The van der Waals surface area contributed by atoms with Gasteiger partial charge in [-0.1, -0.05) is 36.0 Å². The van der Waals surface area contributed by atoms with Crippen molar-refractivity contribution in [1.29, 1.82) is 5.26 Å². The van der Waals surface area contributed by atoms with Crippen LogP contribution in [-0.4, -0.2) is 30.5 Å². The number of nitrogens with one attached hydrogen (secondary N) is 1. The van der Waals surface area contributed by atoms with E-state index in [1.807, 2.05) is 0 Å². The Balaban J connectivity index is 1.69. The summed E-state index contributed by atoms with van der Waals surface area (Å²) in [4.78, 5) is 36.7. The number of benzene rings is 3. The molecule has 0 unspecified atom stereocenters. The molecule has 0 saturated carbocycles. The number of nitro benzene ring substituents is 1. The van der Waals surface area contributed by atoms with E-state index in [9.17, 15) is 25.0 Å². The van der Waals surface area contributed by atoms with E-state index in [0.717, 1.165) is 0 Å². The molecule has 3 aromatic carbocycles. The minimum Gasteiger partial charge on any atom is -0.496 e. The lowest BCUT2D eigenvalue weighted by atomic mass is 10.2. The zero-order valence-corrected chi connectivity index (χ0v) is 18.1. The van der Waals surface area contributed by atoms with Crippen molar-refractivity contribution in [3.05, 3.63) is 88.0 Å². The van der Waals surface area contributed by atoms with E-state index in [1.165, 1.54) is 37.1 Å². The topological polar surface area (TPSA) is 132 Å². The summed E-state index contributed by atoms with van der Waals surface area (Å²) in [6.45, 7) is -0.643. The van der Waals surface area contributed by atoms with Crippen molar-refractivity contribution in [3.63, 3.8) is 0 Å². The van der Waals surface area contributed by atoms with Crippen LogP contribution < -0.4 is 10.1 Å². The number of rotatable bonds is 8. The minimum absolute atomic E-state index is 0.0501. The SMILES string of the molecule is COc1ccc(NC(=O)COC(=O)c2ccccc2Sc2ccccc2C#N)c([N+](=O)[O-])c1. The highest BCUT2D eigenvalue weighted by molar-refractivity contribution is 7.99. The first-order valence-electron chi connectivity index (χ1n) is 9.48. The molecule has 166 valence electrons. The van der Waals surface area contributed by atoms with Crippen LogP contribution in [0.3, 0.4) is 0 Å². The summed E-state index contributed by atoms with van der Waals surface area (Å²) in [5, 5.41) is 22.9. The first-order chi connectivity index (χ1) is 15.9. The summed E-state index contributed by atoms with van der Waals surface area (Å²) in [7, 11) is 1.37. The maximum absolute atomic E-state index is 12.6. The number of ether oxygens (including phenoxy) is 2. The number of esters is 1. The van der Waals surface area contributed by atoms with E-state index in [2.05, 4.69) is 11.4 Å². The van der Waals surface area contributed by atoms with Crippen LogP contribution in [0.15, 0.2) is 76.5 Å². The second-order valence-corrected chi connectivity index (χ2v) is 7.55. The van der Waals surface area contributed by atoms with Gasteiger partial charge in [-0.3, -0.25) is 14.9 Å². The maximum Gasteiger partial charge on any atom is 0.339 e. The predicted octanol–water partition coefficient (Wildman–Crippen LogP) is 4.42. The van der Waals surface area contributed by atoms with Crippen LogP contribution in [-0.2, 0) is 9.53 Å². The lowest BCUT2D eigenvalue weighted by Crippen LogP contribution is -2.21. The summed E-state index contributed by atoms with van der Waals surface area (Å²) >= 11 is 1.23. The van der Waals surface area contributed by atoms with Crippen LogP contribution >= 0.6 is 11.8 Å². The molecule has 0 bridgehead atoms. The molecule has 3 rings (SSSR count). The van der Waals surface area contributed by atoms with Crippen LogP contribution in [0, 0.1) is 21.4 Å². The number of anilines is 1. The van der Waals surface area contributed by atoms with Crippen LogP contribution in [0.5, 0.6) is 5.75 Å². The van der Waals surface area contributed by atoms with Gasteiger partial charge in [0.25, 0.3) is 11.6 Å². The van der Waals surface area contributed by atoms with Gasteiger partial charge in [0, 0.05) is 9.79 Å². The number of nitriles is 1. The molecular weight excluding hydrogens is 446 g/mol. The van der Waals surface area contributed by atoms with E-state index in [4.69, 9.17) is 9.47 Å². The fourth-order valence-electron chi connectivity index (χ4n) is 2.78. The van der Waals surface area contributed by atoms with E-state index in [0.29, 0.717) is 15.4 Å². The standard InChI is InChI=1S/C23H17N3O6S/c1-31-16-10-11-18(19(12-16)26(29)30)25-22(27)14-32-23(28)17-7-3-5-9-21(17)33-20-8-4-2-6-15(20)13-24/h2-12H,14H2,1H3,(H,25,27). The molecule has 0 aliphatic heterocycles. The van der Waals surface area contributed by atoms with E-state index < -0.39 is 23.4 Å². The Morgan fingerprint density at radius 1 is 1.09 bits per heavy atom. The monoisotopic (exact) mass is 463 g/mol. The third kappa shape index (κ3) is 5.87. The number of methoxy groups -OCH3 is 1. The fourth-order valence-corrected chi connectivity index (χ4v) is 3.80. The van der Waals surface area contributed by atoms with Gasteiger partial charge in [-0.2, -0.15) is 5.26 Å². The molecule has 0 saturated heterocycles. The van der Waals surface area contributed by atoms with E-state index in [-0.39, 0.29) is 22.7 Å². The van der Waals surface area contributed by atoms with E-state index in [1.54, 1.807) is 48.5 Å². The highest BCUT2D eigenvalue weighted by atomic mass is 32.2. The molecule has 0 spiro atoms. The summed E-state index contributed by atoms with van der Waals surface area (Å²) in [5.41, 5.74) is 0.280. The first-order valence-corrected chi connectivity index (χ1v) is 10.3. The van der Waals surface area contributed by atoms with Crippen molar-refractivity contribution >= 4 is 35.0 Å². The van der Waals surface area contributed by atoms with Gasteiger partial charge in [-0.05, 0) is 36.4 Å². The smallest absolute Gasteiger partial charge is 0.339 e. The second kappa shape index (κ2) is 10.8. The van der Waals surface area contributed by atoms with Gasteiger partial charge in [0.05, 0.1) is 29.2 Å². The molecule has 1 amide bonds. The van der Waals surface area contributed by atoms with Gasteiger partial charge >= 0.3 is 5.97 Å². The lowest BCUT2D eigenvalue weighted by molar-refractivity contribution is -0.384. The Morgan fingerprint density at radius 3 is 2.48 bits per heavy atom. The normalized spacial score (nSPS) is 10.1. The lowest BCUT2D eigenvalue weighted by Gasteiger charge is -2.11. The summed E-state index contributed by atoms with van der Waals surface area (Å²) in [6, 6.07) is 19.7. The van der Waals surface area contributed by atoms with Crippen LogP contribution in [0.1, 0.15) is 15.9 Å². The van der Waals surface area contributed by atoms with Crippen LogP contribution in [0.4, 0.5) is 11.4 Å². The second-order valence-electron chi connectivity index (χ2n) is 6.47. The van der Waals surface area contributed by atoms with Gasteiger partial charge < -0.3 is 14.8 Å². The quantitative estimate of drug-likeness (QED) is 0.295. The molecule has 0 aromatic heterocycles. The Bertz CT molecular complexity index is 1250. The number of nitrogens with zero attached hydrogens (tertiary/aromatic N) is 2. The molecular formula is C23H17N3O6S. The Kier molecular flexibility index (Phi) is 7.62. The molecule has 33 heavy (non-hydrogen) atoms. The van der Waals surface area contributed by atoms with Gasteiger partial charge in [-0.15, -0.1) is 0 Å². The van der Waals surface area contributed by atoms with Gasteiger partial charge in [0.15, 0.2) is 6.61 Å². The number of hydrogen-bond acceptors (Lipinski definition) is 8. The van der Waals surface area contributed by atoms with Crippen LogP contribution in [0.2, 0.25) is 0 Å². The fraction of sp³-hybridized carbons (Fsp3) is 0.0870. The molecule has 0 atom stereocenters. The Morgan fingerprint density at radius 2 is 1.79 bits per heavy atom. The van der Waals surface area contributed by atoms with Crippen molar-refractivity contribution in [3.8, 4) is 11.8 Å². The zero-order chi connectivity index (χ0) is 23.8. The molecule has 10 heteroatoms. The highest BCUT2D eigenvalue weighted by Crippen LogP contribution is 2.33. The number of hydrogen-bond donors (Lipinski definition) is 1. The predicted molar refractivity (Wildman–Crippen MR) is 120 cm³/mol. The maximum atomic E-state index is 12.6. The average Bonchev–Trinajstić information content (AvgIpc) is 2.83. The Hall–Kier alpha value is -4.36. The molecule has 0 aliphatic carbocycles. The zero-order valence-electron chi connectivity index (χ0n) is 17.3. The van der Waals surface area contributed by atoms with E-state index >= 15 is 0 Å². The third-order valence-corrected chi connectivity index (χ3v) is 5.50. The van der Waals surface area contributed by atoms with Crippen molar-refractivity contribution in [2.75, 3.05) is 19.0 Å². The largest absolute Gasteiger partial charge is 0.496 e. The van der Waals surface area contributed by atoms with Gasteiger partial charge in [-0.25, -0.2) is 4.79 Å². The summed E-state index contributed by atoms with van der Waals surface area (Å²) < 4.78 is 10.1. The van der Waals surface area contributed by atoms with Crippen molar-refractivity contribution in [2.45, 2.75) is 9.79 Å². The number of carbonyl (C=O) groups is 2. The minimum atomic E-state index is -0.744. The molecule has 0 fully saturated rings. The molecule has 1 N–H and O–H groups in total. The number of amides is 1.